The second-order valence-corrected chi connectivity index (χ2v) is 6.87. The summed E-state index contributed by atoms with van der Waals surface area (Å²) in [6.07, 6.45) is 3.09. The van der Waals surface area contributed by atoms with Gasteiger partial charge in [-0.05, 0) is 44.2 Å². The van der Waals surface area contributed by atoms with Gasteiger partial charge in [-0.25, -0.2) is 0 Å². The molecule has 0 saturated carbocycles. The summed E-state index contributed by atoms with van der Waals surface area (Å²) in [7, 11) is 0. The fraction of sp³-hybridized carbons (Fsp3) is 0.667. The molecule has 1 aromatic rings. The summed E-state index contributed by atoms with van der Waals surface area (Å²) in [5.74, 6) is 1.55. The van der Waals surface area contributed by atoms with E-state index in [9.17, 15) is 5.11 Å². The van der Waals surface area contributed by atoms with Crippen LogP contribution in [0.1, 0.15) is 24.8 Å². The van der Waals surface area contributed by atoms with Crippen LogP contribution in [0.2, 0.25) is 0 Å². The molecule has 0 spiro atoms. The van der Waals surface area contributed by atoms with E-state index >= 15 is 0 Å². The lowest BCUT2D eigenvalue weighted by Crippen LogP contribution is -2.40. The Kier molecular flexibility index (Phi) is 5.01. The van der Waals surface area contributed by atoms with E-state index in [1.807, 2.05) is 24.3 Å². The predicted octanol–water partition coefficient (Wildman–Crippen LogP) is 2.24. The van der Waals surface area contributed by atoms with Crippen molar-refractivity contribution in [1.29, 1.82) is 0 Å². The number of benzene rings is 1. The third kappa shape index (κ3) is 4.22. The number of likely N-dealkylation sites (tertiary alicyclic amines) is 1. The number of hydrogen-bond acceptors (Lipinski definition) is 4. The molecule has 0 amide bonds. The van der Waals surface area contributed by atoms with Gasteiger partial charge in [-0.1, -0.05) is 17.7 Å². The molecule has 2 fully saturated rings. The summed E-state index contributed by atoms with van der Waals surface area (Å²) in [6.45, 7) is 6.97. The Balaban J connectivity index is 1.46. The van der Waals surface area contributed by atoms with Gasteiger partial charge >= 0.3 is 0 Å². The molecule has 1 aromatic carbocycles. The first-order valence-corrected chi connectivity index (χ1v) is 8.35. The zero-order valence-corrected chi connectivity index (χ0v) is 13.5. The third-order valence-electron chi connectivity index (χ3n) is 4.80. The highest BCUT2D eigenvalue weighted by Crippen LogP contribution is 2.26. The van der Waals surface area contributed by atoms with Crippen molar-refractivity contribution in [3.05, 3.63) is 29.8 Å². The number of aryl methyl sites for hydroxylation is 1. The number of rotatable bonds is 5. The Bertz CT molecular complexity index is 470. The lowest BCUT2D eigenvalue weighted by molar-refractivity contribution is 0.00000277. The van der Waals surface area contributed by atoms with Crippen LogP contribution in [-0.2, 0) is 4.74 Å². The van der Waals surface area contributed by atoms with Gasteiger partial charge in [-0.2, -0.15) is 0 Å². The first-order chi connectivity index (χ1) is 10.6. The molecule has 2 heterocycles. The van der Waals surface area contributed by atoms with Crippen LogP contribution < -0.4 is 4.74 Å². The van der Waals surface area contributed by atoms with Crippen molar-refractivity contribution in [2.75, 3.05) is 39.5 Å². The molecule has 0 bridgehead atoms. The number of hydrogen-bond donors (Lipinski definition) is 1. The molecule has 2 aliphatic heterocycles. The van der Waals surface area contributed by atoms with Crippen LogP contribution >= 0.6 is 0 Å². The van der Waals surface area contributed by atoms with Gasteiger partial charge in [0.05, 0.1) is 0 Å². The van der Waals surface area contributed by atoms with E-state index in [1.54, 1.807) is 0 Å². The average Bonchev–Trinajstić information content (AvgIpc) is 2.89. The van der Waals surface area contributed by atoms with E-state index in [0.717, 1.165) is 57.9 Å². The van der Waals surface area contributed by atoms with Gasteiger partial charge in [0, 0.05) is 32.8 Å². The summed E-state index contributed by atoms with van der Waals surface area (Å²) in [6, 6.07) is 8.00. The molecule has 0 aliphatic carbocycles. The van der Waals surface area contributed by atoms with Crippen LogP contribution in [0.3, 0.4) is 0 Å². The van der Waals surface area contributed by atoms with Crippen LogP contribution in [0.15, 0.2) is 24.3 Å². The topological polar surface area (TPSA) is 41.9 Å². The molecule has 0 radical (unpaired) electrons. The highest BCUT2D eigenvalue weighted by atomic mass is 16.5. The Hall–Kier alpha value is -1.10. The summed E-state index contributed by atoms with van der Waals surface area (Å²) in [4.78, 5) is 2.38. The smallest absolute Gasteiger partial charge is 0.119 e. The summed E-state index contributed by atoms with van der Waals surface area (Å²) < 4.78 is 11.2. The van der Waals surface area contributed by atoms with Gasteiger partial charge in [-0.3, -0.25) is 4.90 Å². The fourth-order valence-electron chi connectivity index (χ4n) is 3.36. The molecule has 0 aromatic heterocycles. The Morgan fingerprint density at radius 2 is 2.00 bits per heavy atom. The zero-order chi connectivity index (χ0) is 15.4. The minimum Gasteiger partial charge on any atom is -0.491 e. The van der Waals surface area contributed by atoms with E-state index in [-0.39, 0.29) is 0 Å². The van der Waals surface area contributed by atoms with Gasteiger partial charge in [0.25, 0.3) is 0 Å². The quantitative estimate of drug-likeness (QED) is 0.906. The normalized spacial score (nSPS) is 27.2. The van der Waals surface area contributed by atoms with E-state index in [1.165, 1.54) is 5.56 Å². The standard InChI is InChI=1S/C18H27NO3/c1-15-2-4-17(5-3-15)22-14-18(20)8-9-19(13-18)12-16-6-10-21-11-7-16/h2-5,16,20H,6-14H2,1H3/t18-/m1/s1. The number of aliphatic hydroxyl groups is 1. The highest BCUT2D eigenvalue weighted by molar-refractivity contribution is 5.26. The van der Waals surface area contributed by atoms with Crippen molar-refractivity contribution in [2.45, 2.75) is 31.8 Å². The monoisotopic (exact) mass is 305 g/mol. The SMILES string of the molecule is Cc1ccc(OC[C@@]2(O)CCN(CC3CCOCC3)C2)cc1. The summed E-state index contributed by atoms with van der Waals surface area (Å²) >= 11 is 0. The second-order valence-electron chi connectivity index (χ2n) is 6.87. The molecule has 1 atom stereocenters. The molecular formula is C18H27NO3. The largest absolute Gasteiger partial charge is 0.491 e. The Morgan fingerprint density at radius 3 is 2.73 bits per heavy atom. The second kappa shape index (κ2) is 6.99. The third-order valence-corrected chi connectivity index (χ3v) is 4.80. The summed E-state index contributed by atoms with van der Waals surface area (Å²) in [5, 5.41) is 10.7. The van der Waals surface area contributed by atoms with E-state index in [2.05, 4.69) is 11.8 Å². The molecule has 2 aliphatic rings. The van der Waals surface area contributed by atoms with Gasteiger partial charge in [0.1, 0.15) is 18.0 Å². The molecule has 1 N–H and O–H groups in total. The molecule has 3 rings (SSSR count). The average molecular weight is 305 g/mol. The molecule has 22 heavy (non-hydrogen) atoms. The summed E-state index contributed by atoms with van der Waals surface area (Å²) in [5.41, 5.74) is 0.505. The molecule has 4 heteroatoms. The molecule has 4 nitrogen and oxygen atoms in total. The van der Waals surface area contributed by atoms with Crippen LogP contribution in [-0.4, -0.2) is 55.1 Å². The van der Waals surface area contributed by atoms with Crippen LogP contribution in [0.25, 0.3) is 0 Å². The minimum atomic E-state index is -0.712. The Morgan fingerprint density at radius 1 is 1.27 bits per heavy atom. The highest BCUT2D eigenvalue weighted by Gasteiger charge is 2.37. The van der Waals surface area contributed by atoms with Crippen molar-refractivity contribution < 1.29 is 14.6 Å². The number of ether oxygens (including phenoxy) is 2. The fourth-order valence-corrected chi connectivity index (χ4v) is 3.36. The van der Waals surface area contributed by atoms with E-state index in [0.29, 0.717) is 12.5 Å². The van der Waals surface area contributed by atoms with Crippen LogP contribution in [0.4, 0.5) is 0 Å². The predicted molar refractivity (Wildman–Crippen MR) is 86.2 cm³/mol. The maximum Gasteiger partial charge on any atom is 0.119 e. The van der Waals surface area contributed by atoms with Crippen LogP contribution in [0, 0.1) is 12.8 Å². The molecule has 2 saturated heterocycles. The van der Waals surface area contributed by atoms with Crippen molar-refractivity contribution in [3.63, 3.8) is 0 Å². The molecule has 122 valence electrons. The zero-order valence-electron chi connectivity index (χ0n) is 13.5. The van der Waals surface area contributed by atoms with Crippen molar-refractivity contribution >= 4 is 0 Å². The number of β-amino-alcohol motifs (C(OH)–C–C–N with tert-alkyl or cyclic N) is 1. The number of nitrogens with zero attached hydrogens (tertiary/aromatic N) is 1. The first kappa shape index (κ1) is 15.8. The molecular weight excluding hydrogens is 278 g/mol. The Labute approximate surface area is 133 Å². The van der Waals surface area contributed by atoms with Crippen molar-refractivity contribution in [3.8, 4) is 5.75 Å². The van der Waals surface area contributed by atoms with Crippen molar-refractivity contribution in [2.24, 2.45) is 5.92 Å². The first-order valence-electron chi connectivity index (χ1n) is 8.35. The van der Waals surface area contributed by atoms with Gasteiger partial charge < -0.3 is 14.6 Å². The van der Waals surface area contributed by atoms with Crippen LogP contribution in [0.5, 0.6) is 5.75 Å². The minimum absolute atomic E-state index is 0.375. The van der Waals surface area contributed by atoms with Crippen molar-refractivity contribution in [1.82, 2.24) is 4.90 Å². The lowest BCUT2D eigenvalue weighted by atomic mass is 10.00. The maximum absolute atomic E-state index is 10.7. The van der Waals surface area contributed by atoms with Gasteiger partial charge in [0.15, 0.2) is 0 Å². The van der Waals surface area contributed by atoms with Gasteiger partial charge in [-0.15, -0.1) is 0 Å². The molecule has 0 unspecified atom stereocenters. The van der Waals surface area contributed by atoms with E-state index in [4.69, 9.17) is 9.47 Å². The maximum atomic E-state index is 10.7. The van der Waals surface area contributed by atoms with E-state index < -0.39 is 5.60 Å². The lowest BCUT2D eigenvalue weighted by Gasteiger charge is -2.28. The van der Waals surface area contributed by atoms with Gasteiger partial charge in [0.2, 0.25) is 0 Å².